The number of hydrogen-bond acceptors (Lipinski definition) is 6. The SMILES string of the molecule is CC(=O)N1CC(C)(C)c2ccc(N3C(=O)N(Cc4ccnc(Nc5cc(C)nn5C)c4)C(C)(C)C3=O)cc21. The Morgan fingerprint density at radius 1 is 1.08 bits per heavy atom. The van der Waals surface area contributed by atoms with Crippen molar-refractivity contribution in [2.45, 2.75) is 59.0 Å². The number of hydrogen-bond donors (Lipinski definition) is 1. The van der Waals surface area contributed by atoms with Gasteiger partial charge < -0.3 is 15.1 Å². The molecule has 38 heavy (non-hydrogen) atoms. The highest BCUT2D eigenvalue weighted by molar-refractivity contribution is 6.23. The number of carbonyl (C=O) groups is 3. The molecule has 1 saturated heterocycles. The quantitative estimate of drug-likeness (QED) is 0.510. The Morgan fingerprint density at radius 2 is 1.82 bits per heavy atom. The van der Waals surface area contributed by atoms with Gasteiger partial charge in [-0.1, -0.05) is 19.9 Å². The first kappa shape index (κ1) is 25.4. The number of aromatic nitrogens is 3. The molecule has 1 aromatic carbocycles. The van der Waals surface area contributed by atoms with Crippen molar-refractivity contribution in [2.24, 2.45) is 7.05 Å². The monoisotopic (exact) mass is 515 g/mol. The summed E-state index contributed by atoms with van der Waals surface area (Å²) in [5.74, 6) is 1.03. The van der Waals surface area contributed by atoms with Gasteiger partial charge in [0.25, 0.3) is 5.91 Å². The Morgan fingerprint density at radius 3 is 2.47 bits per heavy atom. The maximum absolute atomic E-state index is 13.7. The van der Waals surface area contributed by atoms with Gasteiger partial charge in [-0.25, -0.2) is 14.7 Å². The van der Waals surface area contributed by atoms with Gasteiger partial charge in [-0.3, -0.25) is 14.3 Å². The molecule has 0 aliphatic carbocycles. The van der Waals surface area contributed by atoms with Crippen LogP contribution < -0.4 is 15.1 Å². The summed E-state index contributed by atoms with van der Waals surface area (Å²) >= 11 is 0. The van der Waals surface area contributed by atoms with Crippen molar-refractivity contribution >= 4 is 40.9 Å². The fraction of sp³-hybridized carbons (Fsp3) is 0.393. The van der Waals surface area contributed by atoms with E-state index in [-0.39, 0.29) is 23.8 Å². The van der Waals surface area contributed by atoms with Gasteiger partial charge in [0.05, 0.1) is 11.4 Å². The fourth-order valence-electron chi connectivity index (χ4n) is 5.31. The van der Waals surface area contributed by atoms with Crippen LogP contribution in [0.15, 0.2) is 42.6 Å². The van der Waals surface area contributed by atoms with Crippen LogP contribution in [0.1, 0.15) is 51.4 Å². The molecular weight excluding hydrogens is 482 g/mol. The maximum Gasteiger partial charge on any atom is 0.332 e. The minimum absolute atomic E-state index is 0.0709. The Balaban J connectivity index is 1.43. The zero-order chi connectivity index (χ0) is 27.6. The summed E-state index contributed by atoms with van der Waals surface area (Å²) in [6, 6.07) is 10.7. The van der Waals surface area contributed by atoms with Crippen LogP contribution in [-0.4, -0.2) is 49.6 Å². The van der Waals surface area contributed by atoms with Crippen LogP contribution in [0.5, 0.6) is 0 Å². The van der Waals surface area contributed by atoms with Crippen LogP contribution in [0.3, 0.4) is 0 Å². The molecule has 0 atom stereocenters. The molecule has 0 spiro atoms. The van der Waals surface area contributed by atoms with E-state index in [1.165, 1.54) is 11.8 Å². The fourth-order valence-corrected chi connectivity index (χ4v) is 5.31. The molecule has 1 fully saturated rings. The summed E-state index contributed by atoms with van der Waals surface area (Å²) in [7, 11) is 1.85. The molecule has 2 aliphatic rings. The number of benzene rings is 1. The van der Waals surface area contributed by atoms with Crippen LogP contribution >= 0.6 is 0 Å². The topological polar surface area (TPSA) is 104 Å². The molecule has 0 bridgehead atoms. The van der Waals surface area contributed by atoms with Crippen molar-refractivity contribution in [3.63, 3.8) is 0 Å². The highest BCUT2D eigenvalue weighted by Crippen LogP contribution is 2.44. The summed E-state index contributed by atoms with van der Waals surface area (Å²) in [5, 5.41) is 7.59. The Hall–Kier alpha value is -4.21. The van der Waals surface area contributed by atoms with E-state index in [0.29, 0.717) is 18.1 Å². The molecule has 0 unspecified atom stereocenters. The highest BCUT2D eigenvalue weighted by atomic mass is 16.2. The predicted octanol–water partition coefficient (Wildman–Crippen LogP) is 4.26. The maximum atomic E-state index is 13.7. The molecule has 4 heterocycles. The highest BCUT2D eigenvalue weighted by Gasteiger charge is 2.52. The Bertz CT molecular complexity index is 1470. The second-order valence-corrected chi connectivity index (χ2v) is 11.2. The predicted molar refractivity (Wildman–Crippen MR) is 145 cm³/mol. The van der Waals surface area contributed by atoms with Gasteiger partial charge in [0.1, 0.15) is 17.2 Å². The van der Waals surface area contributed by atoms with Gasteiger partial charge in [0.15, 0.2) is 0 Å². The largest absolute Gasteiger partial charge is 0.332 e. The van der Waals surface area contributed by atoms with E-state index in [0.717, 1.165) is 28.3 Å². The average Bonchev–Trinajstić information content (AvgIpc) is 3.36. The molecule has 1 N–H and O–H groups in total. The van der Waals surface area contributed by atoms with E-state index >= 15 is 0 Å². The summed E-state index contributed by atoms with van der Waals surface area (Å²) in [6.07, 6.45) is 1.67. The first-order chi connectivity index (χ1) is 17.8. The lowest BCUT2D eigenvalue weighted by molar-refractivity contribution is -0.123. The van der Waals surface area contributed by atoms with Gasteiger partial charge in [0, 0.05) is 50.4 Å². The zero-order valence-electron chi connectivity index (χ0n) is 22.9. The van der Waals surface area contributed by atoms with Gasteiger partial charge in [0.2, 0.25) is 5.91 Å². The summed E-state index contributed by atoms with van der Waals surface area (Å²) in [4.78, 5) is 48.5. The van der Waals surface area contributed by atoms with Crippen molar-refractivity contribution in [3.05, 3.63) is 59.4 Å². The first-order valence-electron chi connectivity index (χ1n) is 12.6. The lowest BCUT2D eigenvalue weighted by Crippen LogP contribution is -2.43. The molecule has 5 rings (SSSR count). The number of carbonyl (C=O) groups excluding carboxylic acids is 3. The Kier molecular flexibility index (Phi) is 5.81. The number of anilines is 4. The van der Waals surface area contributed by atoms with Crippen LogP contribution in [0.2, 0.25) is 0 Å². The normalized spacial score (nSPS) is 17.8. The number of amides is 4. The van der Waals surface area contributed by atoms with Crippen molar-refractivity contribution < 1.29 is 14.4 Å². The minimum atomic E-state index is -1.06. The minimum Gasteiger partial charge on any atom is -0.325 e. The number of fused-ring (bicyclic) bond motifs is 1. The van der Waals surface area contributed by atoms with E-state index in [1.807, 2.05) is 38.2 Å². The molecule has 0 radical (unpaired) electrons. The molecule has 2 aromatic heterocycles. The third-order valence-electron chi connectivity index (χ3n) is 7.44. The van der Waals surface area contributed by atoms with Crippen LogP contribution in [0.25, 0.3) is 0 Å². The van der Waals surface area contributed by atoms with E-state index in [4.69, 9.17) is 0 Å². The third kappa shape index (κ3) is 4.09. The smallest absolute Gasteiger partial charge is 0.325 e. The third-order valence-corrected chi connectivity index (χ3v) is 7.44. The van der Waals surface area contributed by atoms with Crippen molar-refractivity contribution in [2.75, 3.05) is 21.7 Å². The zero-order valence-corrected chi connectivity index (χ0v) is 22.9. The number of nitrogens with one attached hydrogen (secondary N) is 1. The molecule has 10 heteroatoms. The van der Waals surface area contributed by atoms with E-state index < -0.39 is 11.6 Å². The molecule has 3 aromatic rings. The van der Waals surface area contributed by atoms with Crippen molar-refractivity contribution in [1.82, 2.24) is 19.7 Å². The molecular formula is C28H33N7O3. The second-order valence-electron chi connectivity index (χ2n) is 11.2. The lowest BCUT2D eigenvalue weighted by atomic mass is 9.87. The molecule has 0 saturated carbocycles. The van der Waals surface area contributed by atoms with Crippen LogP contribution in [0, 0.1) is 6.92 Å². The molecule has 10 nitrogen and oxygen atoms in total. The molecule has 2 aliphatic heterocycles. The van der Waals surface area contributed by atoms with E-state index in [9.17, 15) is 14.4 Å². The average molecular weight is 516 g/mol. The number of nitrogens with zero attached hydrogens (tertiary/aromatic N) is 6. The molecule has 198 valence electrons. The van der Waals surface area contributed by atoms with Crippen molar-refractivity contribution in [3.8, 4) is 0 Å². The Labute approximate surface area is 222 Å². The summed E-state index contributed by atoms with van der Waals surface area (Å²) in [5.41, 5.74) is 2.66. The number of imide groups is 1. The van der Waals surface area contributed by atoms with Gasteiger partial charge in [-0.2, -0.15) is 5.10 Å². The van der Waals surface area contributed by atoms with E-state index in [1.54, 1.807) is 46.7 Å². The summed E-state index contributed by atoms with van der Waals surface area (Å²) < 4.78 is 1.73. The first-order valence-corrected chi connectivity index (χ1v) is 12.6. The number of pyridine rings is 1. The second kappa shape index (κ2) is 8.68. The van der Waals surface area contributed by atoms with Crippen molar-refractivity contribution in [1.29, 1.82) is 0 Å². The lowest BCUT2D eigenvalue weighted by Gasteiger charge is -2.27. The number of rotatable bonds is 5. The number of urea groups is 1. The van der Waals surface area contributed by atoms with E-state index in [2.05, 4.69) is 29.2 Å². The van der Waals surface area contributed by atoms with Gasteiger partial charge in [-0.05, 0) is 56.2 Å². The number of aryl methyl sites for hydroxylation is 2. The van der Waals surface area contributed by atoms with Crippen LogP contribution in [0.4, 0.5) is 27.8 Å². The van der Waals surface area contributed by atoms with Gasteiger partial charge >= 0.3 is 6.03 Å². The standard InChI is InChI=1S/C28H33N7O3/c1-17-12-24(32(7)31-17)30-23-13-19(10-11-29-23)15-34-26(38)35(25(37)28(34,5)6)20-8-9-21-22(14-20)33(18(2)36)16-27(21,3)4/h8-14H,15-16H2,1-7H3,(H,29,30). The molecule has 4 amide bonds. The van der Waals surface area contributed by atoms with Crippen LogP contribution in [-0.2, 0) is 28.6 Å². The van der Waals surface area contributed by atoms with Gasteiger partial charge in [-0.15, -0.1) is 0 Å². The summed E-state index contributed by atoms with van der Waals surface area (Å²) in [6.45, 7) is 11.9.